The van der Waals surface area contributed by atoms with Gasteiger partial charge in [0.25, 0.3) is 5.91 Å². The molecule has 1 aliphatic heterocycles. The van der Waals surface area contributed by atoms with Crippen LogP contribution < -0.4 is 5.32 Å². The first-order chi connectivity index (χ1) is 14.3. The Hall–Kier alpha value is -3.00. The van der Waals surface area contributed by atoms with E-state index in [-0.39, 0.29) is 24.4 Å². The average molecular weight is 412 g/mol. The molecule has 1 aromatic carbocycles. The number of anilines is 2. The first kappa shape index (κ1) is 21.7. The van der Waals surface area contributed by atoms with Crippen molar-refractivity contribution in [2.75, 3.05) is 18.4 Å². The fourth-order valence-corrected chi connectivity index (χ4v) is 3.70. The van der Waals surface area contributed by atoms with Gasteiger partial charge in [0.2, 0.25) is 5.95 Å². The van der Waals surface area contributed by atoms with Crippen LogP contribution in [-0.2, 0) is 4.79 Å². The number of likely N-dealkylation sites (tertiary alicyclic amines) is 1. The van der Waals surface area contributed by atoms with E-state index in [1.54, 1.807) is 0 Å². The average Bonchev–Trinajstić information content (AvgIpc) is 2.74. The van der Waals surface area contributed by atoms with Gasteiger partial charge >= 0.3 is 5.97 Å². The first-order valence-corrected chi connectivity index (χ1v) is 10.2. The number of amides is 1. The lowest BCUT2D eigenvalue weighted by molar-refractivity contribution is -0.163. The van der Waals surface area contributed by atoms with Crippen LogP contribution in [0.15, 0.2) is 42.7 Å². The van der Waals surface area contributed by atoms with Crippen LogP contribution >= 0.6 is 0 Å². The number of aromatic nitrogens is 2. The fourth-order valence-electron chi connectivity index (χ4n) is 3.70. The van der Waals surface area contributed by atoms with E-state index in [4.69, 9.17) is 0 Å². The third-order valence-electron chi connectivity index (χ3n) is 5.59. The lowest BCUT2D eigenvalue weighted by Crippen LogP contribution is -2.57. The highest BCUT2D eigenvalue weighted by atomic mass is 16.4. The van der Waals surface area contributed by atoms with Crippen LogP contribution in [0, 0.1) is 11.3 Å². The molecule has 3 rings (SSSR count). The quantitative estimate of drug-likeness (QED) is 0.640. The van der Waals surface area contributed by atoms with Crippen LogP contribution in [0.1, 0.15) is 43.5 Å². The van der Waals surface area contributed by atoms with Gasteiger partial charge in [-0.1, -0.05) is 32.0 Å². The molecule has 2 heterocycles. The van der Waals surface area contributed by atoms with E-state index in [0.29, 0.717) is 31.3 Å². The molecule has 0 saturated carbocycles. The molecule has 1 saturated heterocycles. The molecule has 1 aliphatic rings. The largest absolute Gasteiger partial charge is 0.481 e. The van der Waals surface area contributed by atoms with Gasteiger partial charge in [-0.25, -0.2) is 9.97 Å². The van der Waals surface area contributed by atoms with Crippen LogP contribution in [0.3, 0.4) is 0 Å². The number of carbonyl (C=O) groups excluding carboxylic acids is 1. The highest BCUT2D eigenvalue weighted by Gasteiger charge is 2.49. The van der Waals surface area contributed by atoms with Crippen LogP contribution in [0.5, 0.6) is 0 Å². The summed E-state index contributed by atoms with van der Waals surface area (Å²) in [5.41, 5.74) is -0.237. The highest BCUT2D eigenvalue weighted by molar-refractivity contribution is 5.94. The standard InChI is InChI=1S/C22H28N4O4/c1-15(2)8-10-22(20(29)30)14-26(11-9-18(22)27)19(28)16-12-23-21(24-13-16)25-17-6-4-3-5-7-17/h3-7,12-13,15,18,27H,8-11,14H2,1-2H3,(H,29,30)(H,23,24,25)/t18-,22-/m1/s1. The zero-order valence-corrected chi connectivity index (χ0v) is 17.3. The van der Waals surface area contributed by atoms with Gasteiger partial charge < -0.3 is 20.4 Å². The van der Waals surface area contributed by atoms with Gasteiger partial charge in [-0.2, -0.15) is 0 Å². The zero-order chi connectivity index (χ0) is 21.7. The molecule has 8 heteroatoms. The van der Waals surface area contributed by atoms with Crippen molar-refractivity contribution in [1.29, 1.82) is 0 Å². The van der Waals surface area contributed by atoms with E-state index < -0.39 is 17.5 Å². The van der Waals surface area contributed by atoms with Crippen LogP contribution in [0.25, 0.3) is 0 Å². The maximum absolute atomic E-state index is 13.0. The number of carbonyl (C=O) groups is 2. The highest BCUT2D eigenvalue weighted by Crippen LogP contribution is 2.37. The predicted molar refractivity (Wildman–Crippen MR) is 112 cm³/mol. The van der Waals surface area contributed by atoms with Gasteiger partial charge in [0.05, 0.1) is 11.7 Å². The Morgan fingerprint density at radius 3 is 2.50 bits per heavy atom. The van der Waals surface area contributed by atoms with Crippen molar-refractivity contribution < 1.29 is 19.8 Å². The Morgan fingerprint density at radius 2 is 1.90 bits per heavy atom. The Bertz CT molecular complexity index is 872. The number of rotatable bonds is 7. The number of carboxylic acid groups (broad SMARTS) is 1. The molecule has 2 aromatic rings. The zero-order valence-electron chi connectivity index (χ0n) is 17.3. The molecule has 0 aliphatic carbocycles. The molecule has 160 valence electrons. The van der Waals surface area contributed by atoms with Crippen molar-refractivity contribution in [3.05, 3.63) is 48.3 Å². The summed E-state index contributed by atoms with van der Waals surface area (Å²) in [6.45, 7) is 4.28. The number of benzene rings is 1. The number of hydrogen-bond donors (Lipinski definition) is 3. The summed E-state index contributed by atoms with van der Waals surface area (Å²) < 4.78 is 0. The molecule has 0 spiro atoms. The normalized spacial score (nSPS) is 21.5. The Kier molecular flexibility index (Phi) is 6.66. The summed E-state index contributed by atoms with van der Waals surface area (Å²) in [5, 5.41) is 23.4. The summed E-state index contributed by atoms with van der Waals surface area (Å²) in [4.78, 5) is 35.0. The van der Waals surface area contributed by atoms with Gasteiger partial charge in [0.15, 0.2) is 0 Å². The van der Waals surface area contributed by atoms with Crippen molar-refractivity contribution in [3.63, 3.8) is 0 Å². The van der Waals surface area contributed by atoms with E-state index in [0.717, 1.165) is 5.69 Å². The van der Waals surface area contributed by atoms with Crippen molar-refractivity contribution in [2.24, 2.45) is 11.3 Å². The maximum Gasteiger partial charge on any atom is 0.314 e. The summed E-state index contributed by atoms with van der Waals surface area (Å²) in [6, 6.07) is 9.44. The van der Waals surface area contributed by atoms with Gasteiger partial charge in [0.1, 0.15) is 5.41 Å². The molecule has 2 atom stereocenters. The second kappa shape index (κ2) is 9.21. The van der Waals surface area contributed by atoms with E-state index in [2.05, 4.69) is 15.3 Å². The Balaban J connectivity index is 1.73. The van der Waals surface area contributed by atoms with E-state index in [1.807, 2.05) is 44.2 Å². The van der Waals surface area contributed by atoms with Gasteiger partial charge in [-0.3, -0.25) is 9.59 Å². The van der Waals surface area contributed by atoms with Crippen LogP contribution in [0.4, 0.5) is 11.6 Å². The molecule has 0 bridgehead atoms. The second-order valence-corrected chi connectivity index (χ2v) is 8.21. The molecule has 3 N–H and O–H groups in total. The molecule has 30 heavy (non-hydrogen) atoms. The maximum atomic E-state index is 13.0. The molecular weight excluding hydrogens is 384 g/mol. The second-order valence-electron chi connectivity index (χ2n) is 8.21. The molecular formula is C22H28N4O4. The minimum atomic E-state index is -1.35. The van der Waals surface area contributed by atoms with E-state index in [9.17, 15) is 19.8 Å². The van der Waals surface area contributed by atoms with Crippen molar-refractivity contribution in [1.82, 2.24) is 14.9 Å². The van der Waals surface area contributed by atoms with Crippen LogP contribution in [0.2, 0.25) is 0 Å². The van der Waals surface area contributed by atoms with Crippen molar-refractivity contribution >= 4 is 23.5 Å². The lowest BCUT2D eigenvalue weighted by atomic mass is 9.72. The minimum absolute atomic E-state index is 0.0287. The molecule has 8 nitrogen and oxygen atoms in total. The van der Waals surface area contributed by atoms with Crippen molar-refractivity contribution in [2.45, 2.75) is 39.2 Å². The number of hydrogen-bond acceptors (Lipinski definition) is 6. The van der Waals surface area contributed by atoms with Gasteiger partial charge in [-0.05, 0) is 37.3 Å². The number of nitrogens with zero attached hydrogens (tertiary/aromatic N) is 3. The SMILES string of the molecule is CC(C)CC[C@@]1(C(=O)O)CN(C(=O)c2cnc(Nc3ccccc3)nc2)CC[C@H]1O. The van der Waals surface area contributed by atoms with E-state index >= 15 is 0 Å². The topological polar surface area (TPSA) is 116 Å². The molecule has 0 radical (unpaired) electrons. The van der Waals surface area contributed by atoms with Crippen molar-refractivity contribution in [3.8, 4) is 0 Å². The number of aliphatic hydroxyl groups excluding tert-OH is 1. The van der Waals surface area contributed by atoms with Crippen LogP contribution in [-0.4, -0.2) is 56.2 Å². The number of nitrogens with one attached hydrogen (secondary N) is 1. The third kappa shape index (κ3) is 4.76. The molecule has 0 unspecified atom stereocenters. The summed E-state index contributed by atoms with van der Waals surface area (Å²) in [6.07, 6.45) is 3.09. The third-order valence-corrected chi connectivity index (χ3v) is 5.59. The number of aliphatic hydroxyl groups is 1. The summed E-state index contributed by atoms with van der Waals surface area (Å²) in [7, 11) is 0. The Morgan fingerprint density at radius 1 is 1.23 bits per heavy atom. The predicted octanol–water partition coefficient (Wildman–Crippen LogP) is 2.93. The number of piperidine rings is 1. The van der Waals surface area contributed by atoms with Gasteiger partial charge in [-0.15, -0.1) is 0 Å². The fraction of sp³-hybridized carbons (Fsp3) is 0.455. The lowest BCUT2D eigenvalue weighted by Gasteiger charge is -2.43. The van der Waals surface area contributed by atoms with E-state index in [1.165, 1.54) is 17.3 Å². The summed E-state index contributed by atoms with van der Waals surface area (Å²) in [5.74, 6) is -0.726. The molecule has 1 fully saturated rings. The molecule has 1 aromatic heterocycles. The van der Waals surface area contributed by atoms with Gasteiger partial charge in [0, 0.05) is 31.2 Å². The number of para-hydroxylation sites is 1. The summed E-state index contributed by atoms with van der Waals surface area (Å²) >= 11 is 0. The monoisotopic (exact) mass is 412 g/mol. The smallest absolute Gasteiger partial charge is 0.314 e. The number of aliphatic carboxylic acids is 1. The first-order valence-electron chi connectivity index (χ1n) is 10.2. The Labute approximate surface area is 176 Å². The minimum Gasteiger partial charge on any atom is -0.481 e. The molecule has 1 amide bonds. The number of carboxylic acids is 1.